The number of nitrogens with zero attached hydrogens (tertiary/aromatic N) is 2. The molecule has 0 amide bonds. The van der Waals surface area contributed by atoms with Crippen molar-refractivity contribution in [2.45, 2.75) is 12.8 Å². The zero-order valence-corrected chi connectivity index (χ0v) is 16.4. The molecule has 0 aliphatic carbocycles. The number of esters is 1. The number of aromatic nitrogens is 2. The van der Waals surface area contributed by atoms with Crippen LogP contribution in [0.15, 0.2) is 83.5 Å². The normalized spacial score (nSPS) is 11.2. The van der Waals surface area contributed by atoms with Crippen LogP contribution in [-0.4, -0.2) is 16.1 Å². The molecule has 0 N–H and O–H groups in total. The Morgan fingerprint density at radius 2 is 1.72 bits per heavy atom. The molecule has 4 aromatic rings. The molecule has 2 heterocycles. The fourth-order valence-electron chi connectivity index (χ4n) is 2.74. The first kappa shape index (κ1) is 21.1. The molecule has 0 fully saturated rings. The Morgan fingerprint density at radius 3 is 2.38 bits per heavy atom. The van der Waals surface area contributed by atoms with Gasteiger partial charge in [0.15, 0.2) is 12.4 Å². The number of ether oxygens (including phenoxy) is 2. The second kappa shape index (κ2) is 8.93. The quantitative estimate of drug-likeness (QED) is 0.347. The summed E-state index contributed by atoms with van der Waals surface area (Å²) in [5.41, 5.74) is 0.229. The molecular weight excluding hydrogens is 425 g/mol. The molecule has 162 valence electrons. The number of alkyl halides is 3. The number of para-hydroxylation sites is 1. The second-order valence-corrected chi connectivity index (χ2v) is 6.63. The topological polar surface area (TPSA) is 74.5 Å². The van der Waals surface area contributed by atoms with Crippen molar-refractivity contribution in [3.63, 3.8) is 0 Å². The maximum atomic E-state index is 12.7. The van der Waals surface area contributed by atoms with Crippen molar-refractivity contribution in [1.82, 2.24) is 10.1 Å². The van der Waals surface area contributed by atoms with Crippen molar-refractivity contribution in [3.05, 3.63) is 95.9 Å². The maximum Gasteiger partial charge on any atom is 0.416 e. The molecule has 0 aliphatic rings. The number of hydrogen-bond acceptors (Lipinski definition) is 6. The van der Waals surface area contributed by atoms with Crippen LogP contribution in [0.1, 0.15) is 21.7 Å². The predicted octanol–water partition coefficient (Wildman–Crippen LogP) is 5.90. The number of rotatable bonds is 6. The van der Waals surface area contributed by atoms with Gasteiger partial charge in [-0.15, -0.1) is 0 Å². The number of carbonyl (C=O) groups excluding carboxylic acids is 1. The largest absolute Gasteiger partial charge is 0.454 e. The Balaban J connectivity index is 1.34. The van der Waals surface area contributed by atoms with Gasteiger partial charge in [0.2, 0.25) is 5.88 Å². The molecular formula is C23H15F3N2O4. The molecule has 0 atom stereocenters. The Hall–Kier alpha value is -4.14. The molecule has 2 aromatic carbocycles. The van der Waals surface area contributed by atoms with Gasteiger partial charge in [0, 0.05) is 23.9 Å². The van der Waals surface area contributed by atoms with E-state index in [-0.39, 0.29) is 17.9 Å². The molecule has 4 rings (SSSR count). The summed E-state index contributed by atoms with van der Waals surface area (Å²) in [6.45, 7) is -0.200. The van der Waals surface area contributed by atoms with Crippen molar-refractivity contribution >= 4 is 5.97 Å². The molecule has 32 heavy (non-hydrogen) atoms. The van der Waals surface area contributed by atoms with E-state index in [1.807, 2.05) is 18.2 Å². The van der Waals surface area contributed by atoms with Crippen molar-refractivity contribution < 1.29 is 32.0 Å². The third kappa shape index (κ3) is 5.12. The van der Waals surface area contributed by atoms with E-state index in [4.69, 9.17) is 14.0 Å². The summed E-state index contributed by atoms with van der Waals surface area (Å²) in [6.07, 6.45) is -3.09. The molecule has 6 nitrogen and oxygen atoms in total. The van der Waals surface area contributed by atoms with Crippen molar-refractivity contribution in [1.29, 1.82) is 0 Å². The highest BCUT2D eigenvalue weighted by molar-refractivity contribution is 5.89. The van der Waals surface area contributed by atoms with Gasteiger partial charge >= 0.3 is 12.1 Å². The zero-order chi connectivity index (χ0) is 22.6. The van der Waals surface area contributed by atoms with Gasteiger partial charge < -0.3 is 14.0 Å². The zero-order valence-electron chi connectivity index (χ0n) is 16.4. The summed E-state index contributed by atoms with van der Waals surface area (Å²) < 4.78 is 53.9. The average Bonchev–Trinajstić information content (AvgIpc) is 3.27. The van der Waals surface area contributed by atoms with Crippen LogP contribution in [0.4, 0.5) is 13.2 Å². The lowest BCUT2D eigenvalue weighted by Crippen LogP contribution is -2.05. The smallest absolute Gasteiger partial charge is 0.416 e. The van der Waals surface area contributed by atoms with Crippen LogP contribution < -0.4 is 4.74 Å². The van der Waals surface area contributed by atoms with Gasteiger partial charge in [-0.3, -0.25) is 0 Å². The molecule has 0 radical (unpaired) electrons. The molecule has 2 aromatic heterocycles. The summed E-state index contributed by atoms with van der Waals surface area (Å²) in [5.74, 6) is 0.551. The maximum absolute atomic E-state index is 12.7. The van der Waals surface area contributed by atoms with E-state index in [9.17, 15) is 18.0 Å². The van der Waals surface area contributed by atoms with Crippen LogP contribution in [0.2, 0.25) is 0 Å². The van der Waals surface area contributed by atoms with E-state index in [0.29, 0.717) is 22.9 Å². The highest BCUT2D eigenvalue weighted by atomic mass is 19.4. The monoisotopic (exact) mass is 440 g/mol. The number of benzene rings is 2. The summed E-state index contributed by atoms with van der Waals surface area (Å²) in [4.78, 5) is 16.3. The standard InChI is InChI=1S/C23H15F3N2O4/c24-23(25,26)17-9-6-15(7-10-17)20-12-19(32-28-20)14-30-22(29)16-8-11-21(27-13-16)31-18-4-2-1-3-5-18/h1-13H,14H2. The van der Waals surface area contributed by atoms with Crippen molar-refractivity contribution in [2.75, 3.05) is 0 Å². The summed E-state index contributed by atoms with van der Waals surface area (Å²) in [6, 6.07) is 18.1. The number of hydrogen-bond donors (Lipinski definition) is 0. The average molecular weight is 440 g/mol. The van der Waals surface area contributed by atoms with Gasteiger partial charge in [-0.25, -0.2) is 9.78 Å². The van der Waals surface area contributed by atoms with E-state index < -0.39 is 17.7 Å². The number of pyridine rings is 1. The van der Waals surface area contributed by atoms with E-state index in [1.54, 1.807) is 18.2 Å². The van der Waals surface area contributed by atoms with Crippen LogP contribution in [0, 0.1) is 0 Å². The highest BCUT2D eigenvalue weighted by Crippen LogP contribution is 2.31. The van der Waals surface area contributed by atoms with E-state index in [1.165, 1.54) is 30.5 Å². The third-order valence-electron chi connectivity index (χ3n) is 4.35. The summed E-state index contributed by atoms with van der Waals surface area (Å²) >= 11 is 0. The van der Waals surface area contributed by atoms with Gasteiger partial charge in [-0.05, 0) is 30.3 Å². The minimum atomic E-state index is -4.41. The molecule has 0 saturated heterocycles. The minimum Gasteiger partial charge on any atom is -0.454 e. The number of halogens is 3. The minimum absolute atomic E-state index is 0.200. The van der Waals surface area contributed by atoms with E-state index >= 15 is 0 Å². The van der Waals surface area contributed by atoms with Gasteiger partial charge in [0.25, 0.3) is 0 Å². The van der Waals surface area contributed by atoms with Crippen LogP contribution in [0.3, 0.4) is 0 Å². The Morgan fingerprint density at radius 1 is 0.969 bits per heavy atom. The fraction of sp³-hybridized carbons (Fsp3) is 0.0870. The van der Waals surface area contributed by atoms with Crippen molar-refractivity contribution in [2.24, 2.45) is 0 Å². The first-order valence-electron chi connectivity index (χ1n) is 9.38. The van der Waals surface area contributed by atoms with E-state index in [0.717, 1.165) is 12.1 Å². The van der Waals surface area contributed by atoms with Crippen LogP contribution in [0.25, 0.3) is 11.3 Å². The van der Waals surface area contributed by atoms with Gasteiger partial charge in [-0.1, -0.05) is 35.5 Å². The number of carbonyl (C=O) groups is 1. The van der Waals surface area contributed by atoms with Gasteiger partial charge in [0.1, 0.15) is 11.4 Å². The molecule has 9 heteroatoms. The van der Waals surface area contributed by atoms with E-state index in [2.05, 4.69) is 10.1 Å². The third-order valence-corrected chi connectivity index (χ3v) is 4.35. The first-order chi connectivity index (χ1) is 15.4. The Labute approximate surface area is 180 Å². The SMILES string of the molecule is O=C(OCc1cc(-c2ccc(C(F)(F)F)cc2)no1)c1ccc(Oc2ccccc2)nc1. The molecule has 0 spiro atoms. The lowest BCUT2D eigenvalue weighted by molar-refractivity contribution is -0.137. The Bertz CT molecular complexity index is 1190. The molecule has 0 saturated carbocycles. The fourth-order valence-corrected chi connectivity index (χ4v) is 2.74. The molecule has 0 aliphatic heterocycles. The lowest BCUT2D eigenvalue weighted by Gasteiger charge is -2.06. The van der Waals surface area contributed by atoms with Crippen LogP contribution >= 0.6 is 0 Å². The summed E-state index contributed by atoms with van der Waals surface area (Å²) in [7, 11) is 0. The summed E-state index contributed by atoms with van der Waals surface area (Å²) in [5, 5.41) is 3.80. The van der Waals surface area contributed by atoms with Gasteiger partial charge in [0.05, 0.1) is 11.1 Å². The van der Waals surface area contributed by atoms with Crippen LogP contribution in [0.5, 0.6) is 11.6 Å². The lowest BCUT2D eigenvalue weighted by atomic mass is 10.1. The molecule has 0 bridgehead atoms. The predicted molar refractivity (Wildman–Crippen MR) is 107 cm³/mol. The first-order valence-corrected chi connectivity index (χ1v) is 9.38. The van der Waals surface area contributed by atoms with Gasteiger partial charge in [-0.2, -0.15) is 13.2 Å². The van der Waals surface area contributed by atoms with Crippen molar-refractivity contribution in [3.8, 4) is 22.9 Å². The Kier molecular flexibility index (Phi) is 5.89. The highest BCUT2D eigenvalue weighted by Gasteiger charge is 2.30. The molecule has 0 unspecified atom stereocenters. The second-order valence-electron chi connectivity index (χ2n) is 6.63. The van der Waals surface area contributed by atoms with Crippen LogP contribution in [-0.2, 0) is 17.5 Å².